The van der Waals surface area contributed by atoms with E-state index in [0.717, 1.165) is 70.6 Å². The zero-order chi connectivity index (χ0) is 77.8. The minimum atomic E-state index is -4.51. The molecule has 8 fully saturated rings. The van der Waals surface area contributed by atoms with Crippen LogP contribution in [-0.2, 0) is 57.5 Å². The van der Waals surface area contributed by atoms with Crippen molar-refractivity contribution < 1.29 is 70.7 Å². The highest BCUT2D eigenvalue weighted by Gasteiger charge is 2.53. The molecule has 0 bridgehead atoms. The maximum atomic E-state index is 15.5. The topological polar surface area (TPSA) is 270 Å². The first-order valence-corrected chi connectivity index (χ1v) is 40.6. The summed E-state index contributed by atoms with van der Waals surface area (Å²) >= 11 is 6.44. The largest absolute Gasteiger partial charge is 0.393 e. The van der Waals surface area contributed by atoms with Crippen molar-refractivity contribution in [3.05, 3.63) is 0 Å². The van der Waals surface area contributed by atoms with Crippen LogP contribution in [0.2, 0.25) is 0 Å². The summed E-state index contributed by atoms with van der Waals surface area (Å²) in [7, 11) is 8.90. The van der Waals surface area contributed by atoms with E-state index in [-0.39, 0.29) is 114 Å². The van der Waals surface area contributed by atoms with Crippen molar-refractivity contribution in [3.8, 4) is 0 Å². The minimum absolute atomic E-state index is 0.00305. The maximum absolute atomic E-state index is 15.5. The Bertz CT molecular complexity index is 3100. The molecule has 4 saturated carbocycles. The molecule has 8 aliphatic rings. The Hall–Kier alpha value is -6.28. The molecule has 4 heterocycles. The van der Waals surface area contributed by atoms with Gasteiger partial charge >= 0.3 is 6.18 Å². The lowest BCUT2D eigenvalue weighted by Crippen LogP contribution is -2.65. The molecule has 0 aromatic heterocycles. The SMILES string of the molecule is CC[C@H](C)[C@@H]1NC(=O)[C@H](CC(C)C)N(C)C(=O)C[C@@H](C(=O)N2CCCCC2)N(C)C(=O)[C@H](C(C)C)N(C)C(=O)C2(CCCC2)NC(=O)[C@@H]2CCCN2C(=O)[C@H](CCC2CCC(C(F)(F)F)C(Cl)C2)NC(=O)CN(C)C(=O)[C@H](CC2CCCCC2)N(C)C(=O)[C@@H]2CCN2C(=O)[C@H](CC2CCCCC2)N(C)C1=O. The van der Waals surface area contributed by atoms with E-state index in [4.69, 9.17) is 11.6 Å². The summed E-state index contributed by atoms with van der Waals surface area (Å²) in [4.78, 5) is 196. The molecule has 0 aromatic rings. The normalized spacial score (nSPS) is 31.0. The van der Waals surface area contributed by atoms with Gasteiger partial charge in [0.2, 0.25) is 70.9 Å². The number of hydrogen-bond donors (Lipinski definition) is 3. The van der Waals surface area contributed by atoms with Crippen LogP contribution in [0.4, 0.5) is 13.2 Å². The highest BCUT2D eigenvalue weighted by molar-refractivity contribution is 6.21. The number of halogens is 4. The molecule has 0 radical (unpaired) electrons. The molecule has 4 aliphatic heterocycles. The summed E-state index contributed by atoms with van der Waals surface area (Å²) in [5, 5.41) is 7.76. The van der Waals surface area contributed by atoms with Crippen LogP contribution in [0.5, 0.6) is 0 Å². The zero-order valence-corrected chi connectivity index (χ0v) is 66.3. The molecule has 24 nitrogen and oxygen atoms in total. The molecule has 598 valence electrons. The predicted octanol–water partition coefficient (Wildman–Crippen LogP) is 8.04. The number of rotatable bonds is 13. The minimum Gasteiger partial charge on any atom is -0.343 e. The smallest absolute Gasteiger partial charge is 0.343 e. The van der Waals surface area contributed by atoms with Gasteiger partial charge in [0.15, 0.2) is 0 Å². The Labute approximate surface area is 632 Å². The van der Waals surface area contributed by atoms with Crippen molar-refractivity contribution in [1.29, 1.82) is 0 Å². The highest BCUT2D eigenvalue weighted by atomic mass is 35.5. The van der Waals surface area contributed by atoms with Gasteiger partial charge in [-0.05, 0) is 138 Å². The Morgan fingerprint density at radius 2 is 1.12 bits per heavy atom. The van der Waals surface area contributed by atoms with E-state index in [2.05, 4.69) is 16.0 Å². The van der Waals surface area contributed by atoms with Crippen LogP contribution in [0, 0.1) is 41.4 Å². The first-order chi connectivity index (χ1) is 50.1. The van der Waals surface area contributed by atoms with Gasteiger partial charge in [-0.25, -0.2) is 0 Å². The van der Waals surface area contributed by atoms with Crippen LogP contribution < -0.4 is 16.0 Å². The fraction of sp³-hybridized carbons (Fsp3) is 0.846. The summed E-state index contributed by atoms with van der Waals surface area (Å²) in [6.45, 7) is 11.4. The van der Waals surface area contributed by atoms with E-state index in [0.29, 0.717) is 51.6 Å². The number of carbonyl (C=O) groups is 12. The van der Waals surface area contributed by atoms with Crippen molar-refractivity contribution in [2.75, 3.05) is 75.0 Å². The van der Waals surface area contributed by atoms with Crippen LogP contribution in [0.1, 0.15) is 234 Å². The molecule has 106 heavy (non-hydrogen) atoms. The molecule has 4 saturated heterocycles. The van der Waals surface area contributed by atoms with Crippen molar-refractivity contribution in [1.82, 2.24) is 60.0 Å². The Kier molecular flexibility index (Phi) is 30.5. The quantitative estimate of drug-likeness (QED) is 0.148. The van der Waals surface area contributed by atoms with Gasteiger partial charge < -0.3 is 60.0 Å². The predicted molar refractivity (Wildman–Crippen MR) is 395 cm³/mol. The second-order valence-electron chi connectivity index (χ2n) is 33.6. The van der Waals surface area contributed by atoms with Crippen molar-refractivity contribution in [3.63, 3.8) is 0 Å². The number of nitrogens with zero attached hydrogens (tertiary/aromatic N) is 9. The number of likely N-dealkylation sites (N-methyl/N-ethyl adjacent to an activating group) is 6. The summed E-state index contributed by atoms with van der Waals surface area (Å²) < 4.78 is 42.2. The summed E-state index contributed by atoms with van der Waals surface area (Å²) in [6, 6.07) is -10.7. The monoisotopic (exact) mass is 1510 g/mol. The summed E-state index contributed by atoms with van der Waals surface area (Å²) in [6.07, 6.45) is 9.50. The number of fused-ring (bicyclic) bond motifs is 2. The van der Waals surface area contributed by atoms with E-state index in [1.807, 2.05) is 27.7 Å². The maximum Gasteiger partial charge on any atom is 0.393 e. The third kappa shape index (κ3) is 20.6. The highest BCUT2D eigenvalue weighted by Crippen LogP contribution is 2.44. The van der Waals surface area contributed by atoms with Gasteiger partial charge in [-0.1, -0.05) is 125 Å². The van der Waals surface area contributed by atoms with Gasteiger partial charge in [0, 0.05) is 73.8 Å². The Morgan fingerprint density at radius 1 is 0.547 bits per heavy atom. The number of likely N-dealkylation sites (tertiary alicyclic amines) is 1. The van der Waals surface area contributed by atoms with Crippen LogP contribution >= 0.6 is 11.6 Å². The molecular weight excluding hydrogens is 1390 g/mol. The average Bonchev–Trinajstić information content (AvgIpc) is 1.44. The van der Waals surface area contributed by atoms with Crippen LogP contribution in [0.3, 0.4) is 0 Å². The number of hydrogen-bond acceptors (Lipinski definition) is 12. The third-order valence-electron chi connectivity index (χ3n) is 25.4. The van der Waals surface area contributed by atoms with E-state index in [1.54, 1.807) is 25.8 Å². The Balaban J connectivity index is 1.19. The van der Waals surface area contributed by atoms with Crippen LogP contribution in [0.15, 0.2) is 0 Å². The van der Waals surface area contributed by atoms with Gasteiger partial charge in [0.25, 0.3) is 0 Å². The molecule has 8 rings (SSSR count). The number of amides is 12. The molecule has 0 aromatic carbocycles. The zero-order valence-electron chi connectivity index (χ0n) is 65.5. The molecule has 13 atom stereocenters. The summed E-state index contributed by atoms with van der Waals surface area (Å²) in [5.74, 6) is -10.3. The van der Waals surface area contributed by atoms with E-state index >= 15 is 52.7 Å². The van der Waals surface area contributed by atoms with Crippen molar-refractivity contribution in [2.45, 2.75) is 306 Å². The van der Waals surface area contributed by atoms with E-state index in [1.165, 1.54) is 74.4 Å². The lowest BCUT2D eigenvalue weighted by Gasteiger charge is -2.46. The first-order valence-electron chi connectivity index (χ1n) is 40.2. The second-order valence-corrected chi connectivity index (χ2v) is 34.2. The third-order valence-corrected chi connectivity index (χ3v) is 25.8. The molecule has 4 aliphatic carbocycles. The first kappa shape index (κ1) is 85.3. The molecule has 3 unspecified atom stereocenters. The number of nitrogens with one attached hydrogen (secondary N) is 3. The molecule has 28 heteroatoms. The van der Waals surface area contributed by atoms with Crippen molar-refractivity contribution >= 4 is 82.5 Å². The van der Waals surface area contributed by atoms with Gasteiger partial charge in [0.05, 0.1) is 18.9 Å². The summed E-state index contributed by atoms with van der Waals surface area (Å²) in [5.41, 5.74) is -1.56. The van der Waals surface area contributed by atoms with Crippen LogP contribution in [-0.4, -0.2) is 261 Å². The van der Waals surface area contributed by atoms with E-state index < -0.39 is 173 Å². The van der Waals surface area contributed by atoms with Gasteiger partial charge in [0.1, 0.15) is 59.9 Å². The van der Waals surface area contributed by atoms with Crippen molar-refractivity contribution in [2.24, 2.45) is 41.4 Å². The Morgan fingerprint density at radius 3 is 1.67 bits per heavy atom. The van der Waals surface area contributed by atoms with Gasteiger partial charge in [-0.3, -0.25) is 57.5 Å². The number of piperidine rings is 1. The van der Waals surface area contributed by atoms with Gasteiger partial charge in [-0.15, -0.1) is 11.6 Å². The van der Waals surface area contributed by atoms with Gasteiger partial charge in [-0.2, -0.15) is 13.2 Å². The molecule has 1 spiro atoms. The number of alkyl halides is 4. The lowest BCUT2D eigenvalue weighted by molar-refractivity contribution is -0.182. The lowest BCUT2D eigenvalue weighted by atomic mass is 9.78. The van der Waals surface area contributed by atoms with Crippen LogP contribution in [0.25, 0.3) is 0 Å². The average molecular weight is 1520 g/mol. The molecular formula is C78H126ClF3N12O12. The molecule has 3 N–H and O–H groups in total. The fourth-order valence-corrected chi connectivity index (χ4v) is 18.9. The molecule has 12 amide bonds. The number of carbonyl (C=O) groups excluding carboxylic acids is 12. The van der Waals surface area contributed by atoms with E-state index in [9.17, 15) is 18.0 Å². The second kappa shape index (κ2) is 37.9. The fourth-order valence-electron chi connectivity index (χ4n) is 18.4. The standard InChI is InChI=1S/C78H126ClF3N12O12/c1-13-50(6)65-74(104)89(10)61(45-52-28-19-15-20-29-52)73(103)94-41-35-58(94)71(101)88(9)60(44-51-26-17-14-18-27-51)70(100)86(7)47-63(95)83-56(34-32-53-31-33-54(55(79)43-53)78(80,81)82)69(99)93-40-25-30-57(93)68(98)85-77(36-21-22-37-77)76(106)91(12)66(49(4)5)75(105)90(11)62(72(102)92-38-23-16-24-39-92)46-64(96)87(8)59(42-48(2)3)67(97)84-65/h48-62,65-66H,13-47H2,1-12H3,(H,83,95)(H,84,97)(H,85,98)/t50-,53?,54?,55?,56-,57-,58-,59-,60-,61-,62-,65-,66-/m0/s1.